The van der Waals surface area contributed by atoms with Gasteiger partial charge in [-0.25, -0.2) is 3.11 Å². The van der Waals surface area contributed by atoms with Crippen LogP contribution in [-0.2, 0) is 21.1 Å². The number of nitrogens with zero attached hydrogens (tertiary/aromatic N) is 1. The minimum absolute atomic E-state index is 0.0861. The molecule has 0 bridgehead atoms. The molecule has 0 aliphatic carbocycles. The normalized spacial score (nSPS) is 10.8. The molecule has 7 heteroatoms. The van der Waals surface area contributed by atoms with Crippen molar-refractivity contribution in [2.75, 3.05) is 20.2 Å². The molecule has 122 valence electrons. The fourth-order valence-electron chi connectivity index (χ4n) is 1.62. The highest BCUT2D eigenvalue weighted by Gasteiger charge is 2.08. The number of likely N-dealkylation sites (N-methyl/N-ethyl adjacent to an activating group) is 1. The van der Waals surface area contributed by atoms with E-state index in [1.165, 1.54) is 23.5 Å². The van der Waals surface area contributed by atoms with Gasteiger partial charge in [-0.05, 0) is 30.3 Å². The fraction of sp³-hybridized carbons (Fsp3) is 0.467. The van der Waals surface area contributed by atoms with Crippen LogP contribution in [0.4, 0.5) is 0 Å². The van der Waals surface area contributed by atoms with Gasteiger partial charge in [-0.2, -0.15) is 0 Å². The van der Waals surface area contributed by atoms with Crippen LogP contribution in [0.1, 0.15) is 25.0 Å². The Kier molecular flexibility index (Phi) is 9.46. The molecule has 0 amide bonds. The average Bonchev–Trinajstić information content (AvgIpc) is 2.43. The molecular weight excluding hydrogens is 433 g/mol. The van der Waals surface area contributed by atoms with Crippen LogP contribution >= 0.6 is 46.4 Å². The van der Waals surface area contributed by atoms with Crippen molar-refractivity contribution in [2.45, 2.75) is 25.4 Å². The molecule has 0 spiro atoms. The molecule has 0 aliphatic rings. The molecule has 0 heterocycles. The van der Waals surface area contributed by atoms with Crippen molar-refractivity contribution < 1.29 is 14.3 Å². The van der Waals surface area contributed by atoms with Crippen LogP contribution in [0, 0.1) is 0 Å². The molecule has 0 aromatic heterocycles. The average molecular weight is 453 g/mol. The number of hydrogen-bond acceptors (Lipinski definition) is 6. The van der Waals surface area contributed by atoms with Gasteiger partial charge < -0.3 is 4.74 Å². The lowest BCUT2D eigenvalue weighted by Gasteiger charge is -2.13. The first-order valence-corrected chi connectivity index (χ1v) is 9.70. The van der Waals surface area contributed by atoms with Crippen molar-refractivity contribution in [3.63, 3.8) is 0 Å². The summed E-state index contributed by atoms with van der Waals surface area (Å²) in [6.07, 6.45) is 0. The number of carbonyl (C=O) groups excluding carboxylic acids is 2. The highest BCUT2D eigenvalue weighted by Crippen LogP contribution is 2.26. The van der Waals surface area contributed by atoms with Crippen molar-refractivity contribution in [1.82, 2.24) is 3.11 Å². The van der Waals surface area contributed by atoms with Crippen molar-refractivity contribution in [1.29, 1.82) is 0 Å². The Morgan fingerprint density at radius 3 is 2.27 bits per heavy atom. The summed E-state index contributed by atoms with van der Waals surface area (Å²) >= 11 is 4.76. The van der Waals surface area contributed by atoms with E-state index in [9.17, 15) is 9.59 Å². The lowest BCUT2D eigenvalue weighted by atomic mass is 10.1. The molecule has 22 heavy (non-hydrogen) atoms. The minimum Gasteiger partial charge on any atom is -0.492 e. The zero-order valence-electron chi connectivity index (χ0n) is 12.9. The van der Waals surface area contributed by atoms with Gasteiger partial charge >= 0.3 is 0 Å². The zero-order valence-corrected chi connectivity index (χ0v) is 16.7. The van der Waals surface area contributed by atoms with Gasteiger partial charge in [0.05, 0.1) is 0 Å². The number of carbonyl (C=O) groups is 2. The van der Waals surface area contributed by atoms with Gasteiger partial charge in [0.2, 0.25) is 0 Å². The summed E-state index contributed by atoms with van der Waals surface area (Å²) in [7, 11) is 1.99. The largest absolute Gasteiger partial charge is 0.492 e. The van der Waals surface area contributed by atoms with Crippen LogP contribution in [0.25, 0.3) is 0 Å². The minimum atomic E-state index is 0.0861. The Hall–Kier alpha value is -0.250. The molecule has 0 fully saturated rings. The van der Waals surface area contributed by atoms with Crippen molar-refractivity contribution in [2.24, 2.45) is 0 Å². The maximum Gasteiger partial charge on any atom is 0.186 e. The Balaban J connectivity index is 2.78. The monoisotopic (exact) mass is 453 g/mol. The summed E-state index contributed by atoms with van der Waals surface area (Å²) in [4.78, 5) is 22.3. The SMILES string of the molecule is CC(=O)SCc1ccc(OCCN(C)I)cc1CSC(C)=O. The Morgan fingerprint density at radius 1 is 1.14 bits per heavy atom. The Morgan fingerprint density at radius 2 is 1.73 bits per heavy atom. The van der Waals surface area contributed by atoms with E-state index in [0.29, 0.717) is 18.1 Å². The molecule has 0 N–H and O–H groups in total. The van der Waals surface area contributed by atoms with Crippen molar-refractivity contribution >= 4 is 56.6 Å². The Labute approximate surface area is 154 Å². The number of halogens is 1. The van der Waals surface area contributed by atoms with Gasteiger partial charge in [0.25, 0.3) is 0 Å². The van der Waals surface area contributed by atoms with E-state index in [1.807, 2.05) is 28.4 Å². The van der Waals surface area contributed by atoms with Gasteiger partial charge in [-0.3, -0.25) is 9.59 Å². The summed E-state index contributed by atoms with van der Waals surface area (Å²) < 4.78 is 7.76. The lowest BCUT2D eigenvalue weighted by Crippen LogP contribution is -2.14. The number of benzene rings is 1. The van der Waals surface area contributed by atoms with Gasteiger partial charge in [-0.1, -0.05) is 29.6 Å². The number of rotatable bonds is 8. The predicted octanol–water partition coefficient (Wildman–Crippen LogP) is 3.91. The first kappa shape index (κ1) is 19.8. The fourth-order valence-corrected chi connectivity index (χ4v) is 3.08. The lowest BCUT2D eigenvalue weighted by molar-refractivity contribution is -0.109. The second-order valence-corrected chi connectivity index (χ2v) is 8.62. The molecule has 0 unspecified atom stereocenters. The number of ether oxygens (including phenoxy) is 1. The van der Waals surface area contributed by atoms with Crippen LogP contribution in [-0.4, -0.2) is 33.5 Å². The Bertz CT molecular complexity index is 524. The molecule has 4 nitrogen and oxygen atoms in total. The first-order chi connectivity index (χ1) is 10.4. The first-order valence-electron chi connectivity index (χ1n) is 6.76. The van der Waals surface area contributed by atoms with E-state index >= 15 is 0 Å². The number of thioether (sulfide) groups is 2. The molecule has 1 aromatic carbocycles. The molecule has 0 aliphatic heterocycles. The van der Waals surface area contributed by atoms with Crippen LogP contribution in [0.3, 0.4) is 0 Å². The van der Waals surface area contributed by atoms with E-state index in [0.717, 1.165) is 23.4 Å². The van der Waals surface area contributed by atoms with Crippen LogP contribution in [0.5, 0.6) is 5.75 Å². The summed E-state index contributed by atoms with van der Waals surface area (Å²) in [5.41, 5.74) is 2.13. The maximum atomic E-state index is 11.2. The van der Waals surface area contributed by atoms with Gasteiger partial charge in [0.15, 0.2) is 10.2 Å². The highest BCUT2D eigenvalue weighted by atomic mass is 127. The van der Waals surface area contributed by atoms with E-state index in [4.69, 9.17) is 4.74 Å². The van der Waals surface area contributed by atoms with Crippen LogP contribution in [0.15, 0.2) is 18.2 Å². The van der Waals surface area contributed by atoms with E-state index in [2.05, 4.69) is 22.9 Å². The van der Waals surface area contributed by atoms with Gasteiger partial charge in [0.1, 0.15) is 12.4 Å². The third-order valence-corrected chi connectivity index (χ3v) is 4.91. The molecular formula is C15H20INO3S2. The standard InChI is InChI=1S/C15H20INO3S2/c1-11(18)21-9-13-4-5-15(20-7-6-17(3)16)8-14(13)10-22-12(2)19/h4-5,8H,6-7,9-10H2,1-3H3. The van der Waals surface area contributed by atoms with Crippen molar-refractivity contribution in [3.8, 4) is 5.75 Å². The summed E-state index contributed by atoms with van der Waals surface area (Å²) in [6, 6.07) is 5.87. The van der Waals surface area contributed by atoms with Gasteiger partial charge in [-0.15, -0.1) is 0 Å². The van der Waals surface area contributed by atoms with Crippen LogP contribution < -0.4 is 4.74 Å². The molecule has 1 rings (SSSR count). The second-order valence-electron chi connectivity index (χ2n) is 4.67. The summed E-state index contributed by atoms with van der Waals surface area (Å²) in [5, 5.41) is 0.179. The van der Waals surface area contributed by atoms with Gasteiger partial charge in [0, 0.05) is 54.8 Å². The van der Waals surface area contributed by atoms with Crippen molar-refractivity contribution in [3.05, 3.63) is 29.3 Å². The molecule has 0 saturated carbocycles. The zero-order chi connectivity index (χ0) is 16.5. The highest BCUT2D eigenvalue weighted by molar-refractivity contribution is 14.1. The van der Waals surface area contributed by atoms with Crippen LogP contribution in [0.2, 0.25) is 0 Å². The third kappa shape index (κ3) is 8.40. The molecule has 0 atom stereocenters. The number of hydrogen-bond donors (Lipinski definition) is 0. The van der Waals surface area contributed by atoms with E-state index in [-0.39, 0.29) is 10.2 Å². The predicted molar refractivity (Wildman–Crippen MR) is 103 cm³/mol. The molecule has 1 aromatic rings. The van der Waals surface area contributed by atoms with E-state index in [1.54, 1.807) is 13.8 Å². The third-order valence-electron chi connectivity index (χ3n) is 2.71. The quantitative estimate of drug-likeness (QED) is 0.440. The summed E-state index contributed by atoms with van der Waals surface area (Å²) in [5.74, 6) is 2.03. The molecule has 0 radical (unpaired) electrons. The summed E-state index contributed by atoms with van der Waals surface area (Å²) in [6.45, 7) is 4.57. The second kappa shape index (κ2) is 10.5. The topological polar surface area (TPSA) is 46.6 Å². The maximum absolute atomic E-state index is 11.2. The smallest absolute Gasteiger partial charge is 0.186 e. The molecule has 0 saturated heterocycles. The van der Waals surface area contributed by atoms with E-state index < -0.39 is 0 Å².